The summed E-state index contributed by atoms with van der Waals surface area (Å²) in [6.45, 7) is 2.10. The van der Waals surface area contributed by atoms with E-state index in [0.29, 0.717) is 17.4 Å². The van der Waals surface area contributed by atoms with Crippen LogP contribution in [-0.2, 0) is 4.79 Å². The molecule has 1 N–H and O–H groups in total. The number of Topliss-reactive ketones (excluding diaryl/α,β-unsaturated/α-hetero) is 1. The van der Waals surface area contributed by atoms with Gasteiger partial charge < -0.3 is 5.32 Å². The molecule has 140 valence electrons. The summed E-state index contributed by atoms with van der Waals surface area (Å²) in [5, 5.41) is 8.35. The molecule has 1 aliphatic heterocycles. The molecule has 2 atom stereocenters. The predicted octanol–water partition coefficient (Wildman–Crippen LogP) is 4.66. The number of aryl methyl sites for hydroxylation is 1. The average Bonchev–Trinajstić information content (AvgIpc) is 3.15. The number of aromatic nitrogens is 3. The highest BCUT2D eigenvalue weighted by Gasteiger charge is 2.40. The lowest BCUT2D eigenvalue weighted by Gasteiger charge is -2.35. The molecule has 3 aromatic rings. The number of carbonyl (C=O) groups excluding carboxylic acids is 1. The molecule has 28 heavy (non-hydrogen) atoms. The molecule has 5 rings (SSSR count). The second kappa shape index (κ2) is 6.60. The Labute approximate surface area is 168 Å². The minimum atomic E-state index is -0.354. The highest BCUT2D eigenvalue weighted by molar-refractivity contribution is 6.31. The number of fused-ring (bicyclic) bond motifs is 1. The molecule has 2 heterocycles. The summed E-state index contributed by atoms with van der Waals surface area (Å²) in [5.74, 6) is 0.927. The van der Waals surface area contributed by atoms with Crippen molar-refractivity contribution in [2.75, 3.05) is 5.32 Å². The van der Waals surface area contributed by atoms with E-state index in [0.717, 1.165) is 23.3 Å². The number of benzene rings is 2. The van der Waals surface area contributed by atoms with Crippen molar-refractivity contribution in [2.24, 2.45) is 0 Å². The molecule has 2 aliphatic rings. The number of nitrogens with one attached hydrogen (secondary N) is 1. The molecule has 1 aliphatic carbocycles. The minimum absolute atomic E-state index is 0.132. The molecule has 5 nitrogen and oxygen atoms in total. The fraction of sp³-hybridized carbons (Fsp3) is 0.227. The number of halogens is 1. The molecule has 0 amide bonds. The predicted molar refractivity (Wildman–Crippen MR) is 108 cm³/mol. The first-order chi connectivity index (χ1) is 13.6. The monoisotopic (exact) mass is 390 g/mol. The van der Waals surface area contributed by atoms with E-state index in [1.165, 1.54) is 17.5 Å². The third-order valence-corrected chi connectivity index (χ3v) is 6.03. The molecule has 0 radical (unpaired) electrons. The molecular weight excluding hydrogens is 372 g/mol. The summed E-state index contributed by atoms with van der Waals surface area (Å²) in [6, 6.07) is 15.6. The SMILES string of the molecule is Cc1ccccc1[C@@H]1CC(=O)C2=C(C1)Nc1ncnn1[C@@H]2c1ccccc1Cl. The van der Waals surface area contributed by atoms with E-state index < -0.39 is 0 Å². The van der Waals surface area contributed by atoms with Crippen molar-refractivity contribution in [1.82, 2.24) is 14.8 Å². The van der Waals surface area contributed by atoms with Crippen molar-refractivity contribution in [2.45, 2.75) is 31.7 Å². The van der Waals surface area contributed by atoms with Crippen molar-refractivity contribution in [3.63, 3.8) is 0 Å². The largest absolute Gasteiger partial charge is 0.328 e. The molecule has 2 aromatic carbocycles. The van der Waals surface area contributed by atoms with Crippen molar-refractivity contribution in [1.29, 1.82) is 0 Å². The molecule has 0 saturated heterocycles. The second-order valence-corrected chi connectivity index (χ2v) is 7.76. The number of anilines is 1. The molecule has 0 unspecified atom stereocenters. The van der Waals surface area contributed by atoms with Crippen LogP contribution >= 0.6 is 11.6 Å². The Morgan fingerprint density at radius 2 is 1.82 bits per heavy atom. The van der Waals surface area contributed by atoms with Gasteiger partial charge in [0.05, 0.1) is 0 Å². The Hall–Kier alpha value is -2.92. The smallest absolute Gasteiger partial charge is 0.226 e. The topological polar surface area (TPSA) is 59.8 Å². The quantitative estimate of drug-likeness (QED) is 0.691. The van der Waals surface area contributed by atoms with Gasteiger partial charge in [0, 0.05) is 28.3 Å². The van der Waals surface area contributed by atoms with Gasteiger partial charge >= 0.3 is 0 Å². The molecule has 0 fully saturated rings. The van der Waals surface area contributed by atoms with Gasteiger partial charge in [-0.15, -0.1) is 0 Å². The van der Waals surface area contributed by atoms with Gasteiger partial charge in [0.25, 0.3) is 0 Å². The molecule has 0 spiro atoms. The minimum Gasteiger partial charge on any atom is -0.328 e. The lowest BCUT2D eigenvalue weighted by Crippen LogP contribution is -2.33. The zero-order valence-electron chi connectivity index (χ0n) is 15.4. The summed E-state index contributed by atoms with van der Waals surface area (Å²) in [6.07, 6.45) is 2.75. The molecule has 1 aromatic heterocycles. The lowest BCUT2D eigenvalue weighted by atomic mass is 9.77. The summed E-state index contributed by atoms with van der Waals surface area (Å²) in [4.78, 5) is 17.7. The first-order valence-electron chi connectivity index (χ1n) is 9.36. The normalized spacial score (nSPS) is 21.1. The van der Waals surface area contributed by atoms with Crippen LogP contribution in [0.3, 0.4) is 0 Å². The van der Waals surface area contributed by atoms with Crippen LogP contribution in [0.5, 0.6) is 0 Å². The van der Waals surface area contributed by atoms with Crippen molar-refractivity contribution < 1.29 is 4.79 Å². The maximum atomic E-state index is 13.3. The van der Waals surface area contributed by atoms with Crippen LogP contribution in [0.25, 0.3) is 0 Å². The van der Waals surface area contributed by atoms with Gasteiger partial charge in [-0.25, -0.2) is 4.68 Å². The van der Waals surface area contributed by atoms with E-state index >= 15 is 0 Å². The fourth-order valence-electron chi connectivity index (χ4n) is 4.40. The Kier molecular flexibility index (Phi) is 4.05. The standard InChI is InChI=1S/C22H19ClN4O/c1-13-6-2-3-7-15(13)14-10-18-20(19(28)11-14)21(16-8-4-5-9-17(16)23)27-22(26-18)24-12-25-27/h2-9,12,14,21H,10-11H2,1H3,(H,24,25,26)/t14-,21+/m0/s1. The van der Waals surface area contributed by atoms with Gasteiger partial charge in [0.15, 0.2) is 5.78 Å². The number of allylic oxidation sites excluding steroid dienone is 2. The van der Waals surface area contributed by atoms with Crippen LogP contribution in [0.4, 0.5) is 5.95 Å². The first-order valence-corrected chi connectivity index (χ1v) is 9.74. The lowest BCUT2D eigenvalue weighted by molar-refractivity contribution is -0.116. The third-order valence-electron chi connectivity index (χ3n) is 5.69. The second-order valence-electron chi connectivity index (χ2n) is 7.35. The van der Waals surface area contributed by atoms with Gasteiger partial charge in [0.2, 0.25) is 5.95 Å². The zero-order chi connectivity index (χ0) is 19.3. The maximum Gasteiger partial charge on any atom is 0.226 e. The maximum absolute atomic E-state index is 13.3. The van der Waals surface area contributed by atoms with E-state index in [4.69, 9.17) is 11.6 Å². The van der Waals surface area contributed by atoms with E-state index in [-0.39, 0.29) is 17.7 Å². The summed E-state index contributed by atoms with van der Waals surface area (Å²) >= 11 is 6.50. The van der Waals surface area contributed by atoms with Gasteiger partial charge in [0.1, 0.15) is 12.4 Å². The summed E-state index contributed by atoms with van der Waals surface area (Å²) in [7, 11) is 0. The van der Waals surface area contributed by atoms with Crippen LogP contribution in [0, 0.1) is 6.92 Å². The van der Waals surface area contributed by atoms with Crippen LogP contribution in [-0.4, -0.2) is 20.5 Å². The van der Waals surface area contributed by atoms with Crippen molar-refractivity contribution in [3.05, 3.63) is 87.8 Å². The van der Waals surface area contributed by atoms with Crippen LogP contribution in [0.15, 0.2) is 66.1 Å². The Morgan fingerprint density at radius 3 is 2.61 bits per heavy atom. The molecule has 0 saturated carbocycles. The van der Waals surface area contributed by atoms with Gasteiger partial charge in [-0.2, -0.15) is 10.1 Å². The van der Waals surface area contributed by atoms with Gasteiger partial charge in [-0.1, -0.05) is 54.1 Å². The van der Waals surface area contributed by atoms with E-state index in [1.54, 1.807) is 4.68 Å². The number of hydrogen-bond donors (Lipinski definition) is 1. The number of nitrogens with zero attached hydrogens (tertiary/aromatic N) is 3. The average molecular weight is 391 g/mol. The van der Waals surface area contributed by atoms with Crippen LogP contribution in [0.2, 0.25) is 5.02 Å². The van der Waals surface area contributed by atoms with Crippen LogP contribution in [0.1, 0.15) is 41.5 Å². The Bertz CT molecular complexity index is 1120. The number of rotatable bonds is 2. The fourth-order valence-corrected chi connectivity index (χ4v) is 4.64. The molecular formula is C22H19ClN4O. The third kappa shape index (κ3) is 2.66. The molecule has 6 heteroatoms. The highest BCUT2D eigenvalue weighted by atomic mass is 35.5. The van der Waals surface area contributed by atoms with E-state index in [1.807, 2.05) is 36.4 Å². The zero-order valence-corrected chi connectivity index (χ0v) is 16.1. The van der Waals surface area contributed by atoms with Crippen LogP contribution < -0.4 is 5.32 Å². The summed E-state index contributed by atoms with van der Waals surface area (Å²) in [5.41, 5.74) is 4.98. The Balaban J connectivity index is 1.63. The number of carbonyl (C=O) groups is 1. The van der Waals surface area contributed by atoms with Crippen molar-refractivity contribution in [3.8, 4) is 0 Å². The summed E-state index contributed by atoms with van der Waals surface area (Å²) < 4.78 is 1.76. The molecule has 0 bridgehead atoms. The Morgan fingerprint density at radius 1 is 1.07 bits per heavy atom. The van der Waals surface area contributed by atoms with Gasteiger partial charge in [-0.3, -0.25) is 4.79 Å². The van der Waals surface area contributed by atoms with Crippen molar-refractivity contribution >= 4 is 23.3 Å². The number of hydrogen-bond acceptors (Lipinski definition) is 4. The van der Waals surface area contributed by atoms with E-state index in [9.17, 15) is 4.79 Å². The van der Waals surface area contributed by atoms with E-state index in [2.05, 4.69) is 34.5 Å². The first kappa shape index (κ1) is 17.2. The number of ketones is 1. The highest BCUT2D eigenvalue weighted by Crippen LogP contribution is 2.45. The van der Waals surface area contributed by atoms with Gasteiger partial charge in [-0.05, 0) is 36.5 Å².